The lowest BCUT2D eigenvalue weighted by Crippen LogP contribution is -2.29. The Bertz CT molecular complexity index is 697. The predicted molar refractivity (Wildman–Crippen MR) is 104 cm³/mol. The summed E-state index contributed by atoms with van der Waals surface area (Å²) in [5.41, 5.74) is 0. The number of hydrogen-bond acceptors (Lipinski definition) is 12. The first-order valence-corrected chi connectivity index (χ1v) is 8.48. The highest BCUT2D eigenvalue weighted by Gasteiger charge is 2.20. The van der Waals surface area contributed by atoms with Crippen molar-refractivity contribution in [1.82, 2.24) is 0 Å². The van der Waals surface area contributed by atoms with E-state index >= 15 is 0 Å². The zero-order chi connectivity index (χ0) is 24.5. The number of ether oxygens (including phenoxy) is 6. The summed E-state index contributed by atoms with van der Waals surface area (Å²) in [5, 5.41) is 0. The van der Waals surface area contributed by atoms with E-state index in [1.807, 2.05) is 0 Å². The van der Waals surface area contributed by atoms with Crippen molar-refractivity contribution in [3.8, 4) is 0 Å². The van der Waals surface area contributed by atoms with Crippen LogP contribution in [0.2, 0.25) is 0 Å². The molecule has 0 aliphatic heterocycles. The molecule has 0 radical (unpaired) electrons. The van der Waals surface area contributed by atoms with Crippen LogP contribution >= 0.6 is 0 Å². The van der Waals surface area contributed by atoms with Crippen LogP contribution in [0.5, 0.6) is 0 Å². The summed E-state index contributed by atoms with van der Waals surface area (Å²) in [7, 11) is 0. The van der Waals surface area contributed by atoms with Gasteiger partial charge >= 0.3 is 35.8 Å². The van der Waals surface area contributed by atoms with Gasteiger partial charge in [0.2, 0.25) is 0 Å². The van der Waals surface area contributed by atoms with Crippen molar-refractivity contribution in [3.63, 3.8) is 0 Å². The first kappa shape index (κ1) is 27.5. The normalized spacial score (nSPS) is 9.94. The Morgan fingerprint density at radius 3 is 0.969 bits per heavy atom. The van der Waals surface area contributed by atoms with Gasteiger partial charge in [0.25, 0.3) is 12.6 Å². The molecule has 0 spiro atoms. The lowest BCUT2D eigenvalue weighted by atomic mass is 10.5. The molecule has 0 bridgehead atoms. The van der Waals surface area contributed by atoms with Crippen molar-refractivity contribution < 1.29 is 57.2 Å². The minimum absolute atomic E-state index is 0.643. The average Bonchev–Trinajstić information content (AvgIpc) is 2.78. The fraction of sp³-hybridized carbons (Fsp3) is 0.200. The van der Waals surface area contributed by atoms with E-state index in [0.29, 0.717) is 12.2 Å². The van der Waals surface area contributed by atoms with Crippen LogP contribution in [-0.2, 0) is 57.2 Å². The molecule has 0 fully saturated rings. The van der Waals surface area contributed by atoms with Gasteiger partial charge in [0.1, 0.15) is 0 Å². The third-order valence-electron chi connectivity index (χ3n) is 2.74. The van der Waals surface area contributed by atoms with Crippen LogP contribution in [0.25, 0.3) is 0 Å². The van der Waals surface area contributed by atoms with Gasteiger partial charge in [-0.25, -0.2) is 28.8 Å². The van der Waals surface area contributed by atoms with Crippen LogP contribution in [0, 0.1) is 0 Å². The van der Waals surface area contributed by atoms with Crippen molar-refractivity contribution in [1.29, 1.82) is 0 Å². The SMILES string of the molecule is C=CC(=O)OC(COC(=O)/C=C/C(=O)OCC(OC(=O)C=C)OC(=O)C=C)OC(=O)C=C. The Kier molecular flexibility index (Phi) is 13.2. The smallest absolute Gasteiger partial charge is 0.333 e. The number of esters is 6. The topological polar surface area (TPSA) is 158 Å². The number of rotatable bonds is 14. The van der Waals surface area contributed by atoms with E-state index in [1.165, 1.54) is 0 Å². The molecule has 0 amide bonds. The van der Waals surface area contributed by atoms with Crippen molar-refractivity contribution in [2.45, 2.75) is 12.6 Å². The molecular formula is C20H20O12. The molecule has 0 aromatic carbocycles. The molecule has 172 valence electrons. The van der Waals surface area contributed by atoms with E-state index in [9.17, 15) is 28.8 Å². The van der Waals surface area contributed by atoms with E-state index in [0.717, 1.165) is 24.3 Å². The maximum Gasteiger partial charge on any atom is 0.333 e. The molecule has 0 saturated heterocycles. The van der Waals surface area contributed by atoms with Gasteiger partial charge in [0, 0.05) is 36.5 Å². The van der Waals surface area contributed by atoms with Gasteiger partial charge in [-0.2, -0.15) is 0 Å². The predicted octanol–water partition coefficient (Wildman–Crippen LogP) is 0.198. The molecule has 0 atom stereocenters. The fourth-order valence-corrected chi connectivity index (χ4v) is 1.43. The molecular weight excluding hydrogens is 432 g/mol. The summed E-state index contributed by atoms with van der Waals surface area (Å²) in [6.07, 6.45) is 1.27. The molecule has 0 saturated carbocycles. The van der Waals surface area contributed by atoms with E-state index in [1.54, 1.807) is 0 Å². The molecule has 0 aromatic rings. The van der Waals surface area contributed by atoms with E-state index in [2.05, 4.69) is 54.7 Å². The monoisotopic (exact) mass is 452 g/mol. The number of carbonyl (C=O) groups is 6. The summed E-state index contributed by atoms with van der Waals surface area (Å²) >= 11 is 0. The standard InChI is InChI=1S/C20H20O12/c1-5-13(21)29-19(30-14(22)6-2)11-27-17(25)9-10-18(26)28-12-20(31-15(23)7-3)32-16(24)8-4/h5-10,19-20H,1-4,11-12H2/b10-9+. The van der Waals surface area contributed by atoms with Gasteiger partial charge in [0.05, 0.1) is 0 Å². The average molecular weight is 452 g/mol. The summed E-state index contributed by atoms with van der Waals surface area (Å²) in [4.78, 5) is 68.2. The second-order valence-corrected chi connectivity index (χ2v) is 5.02. The van der Waals surface area contributed by atoms with E-state index in [-0.39, 0.29) is 0 Å². The fourth-order valence-electron chi connectivity index (χ4n) is 1.43. The largest absolute Gasteiger partial charge is 0.455 e. The summed E-state index contributed by atoms with van der Waals surface area (Å²) in [5.74, 6) is -6.00. The lowest BCUT2D eigenvalue weighted by Gasteiger charge is -2.16. The number of hydrogen-bond donors (Lipinski definition) is 0. The quantitative estimate of drug-likeness (QED) is 0.153. The first-order valence-electron chi connectivity index (χ1n) is 8.48. The second kappa shape index (κ2) is 15.4. The molecule has 0 aliphatic carbocycles. The third kappa shape index (κ3) is 12.9. The number of carbonyl (C=O) groups excluding carboxylic acids is 6. The van der Waals surface area contributed by atoms with Crippen LogP contribution in [0.1, 0.15) is 0 Å². The van der Waals surface area contributed by atoms with Gasteiger partial charge in [-0.15, -0.1) is 0 Å². The maximum absolute atomic E-state index is 11.7. The highest BCUT2D eigenvalue weighted by Crippen LogP contribution is 2.02. The Balaban J connectivity index is 4.73. The Labute approximate surface area is 182 Å². The van der Waals surface area contributed by atoms with Crippen molar-refractivity contribution in [3.05, 3.63) is 62.8 Å². The van der Waals surface area contributed by atoms with Gasteiger partial charge in [0.15, 0.2) is 13.2 Å². The summed E-state index contributed by atoms with van der Waals surface area (Å²) in [6, 6.07) is 0. The Morgan fingerprint density at radius 1 is 0.500 bits per heavy atom. The van der Waals surface area contributed by atoms with Crippen LogP contribution < -0.4 is 0 Å². The van der Waals surface area contributed by atoms with Crippen LogP contribution in [0.4, 0.5) is 0 Å². The highest BCUT2D eigenvalue weighted by molar-refractivity contribution is 5.91. The van der Waals surface area contributed by atoms with E-state index in [4.69, 9.17) is 0 Å². The van der Waals surface area contributed by atoms with E-state index < -0.39 is 61.6 Å². The minimum atomic E-state index is -1.59. The highest BCUT2D eigenvalue weighted by atomic mass is 16.7. The maximum atomic E-state index is 11.7. The zero-order valence-corrected chi connectivity index (χ0v) is 16.8. The van der Waals surface area contributed by atoms with Gasteiger partial charge in [-0.1, -0.05) is 26.3 Å². The van der Waals surface area contributed by atoms with Gasteiger partial charge < -0.3 is 28.4 Å². The summed E-state index contributed by atoms with van der Waals surface area (Å²) < 4.78 is 28.0. The van der Waals surface area contributed by atoms with Crippen LogP contribution in [0.3, 0.4) is 0 Å². The lowest BCUT2D eigenvalue weighted by molar-refractivity contribution is -0.193. The third-order valence-corrected chi connectivity index (χ3v) is 2.74. The molecule has 12 nitrogen and oxygen atoms in total. The molecule has 32 heavy (non-hydrogen) atoms. The zero-order valence-electron chi connectivity index (χ0n) is 16.8. The summed E-state index contributed by atoms with van der Waals surface area (Å²) in [6.45, 7) is 11.2. The van der Waals surface area contributed by atoms with Crippen LogP contribution in [-0.4, -0.2) is 61.6 Å². The van der Waals surface area contributed by atoms with Crippen molar-refractivity contribution >= 4 is 35.8 Å². The molecule has 0 aromatic heterocycles. The second-order valence-electron chi connectivity index (χ2n) is 5.02. The molecule has 12 heteroatoms. The molecule has 0 N–H and O–H groups in total. The Morgan fingerprint density at radius 2 is 0.750 bits per heavy atom. The van der Waals surface area contributed by atoms with Gasteiger partial charge in [-0.05, 0) is 0 Å². The van der Waals surface area contributed by atoms with Crippen molar-refractivity contribution in [2.24, 2.45) is 0 Å². The molecule has 0 rings (SSSR count). The van der Waals surface area contributed by atoms with Crippen LogP contribution in [0.15, 0.2) is 62.8 Å². The first-order chi connectivity index (χ1) is 15.1. The molecule has 0 unspecified atom stereocenters. The Hall–Kier alpha value is -4.48. The molecule has 0 aliphatic rings. The van der Waals surface area contributed by atoms with Crippen molar-refractivity contribution in [2.75, 3.05) is 13.2 Å². The minimum Gasteiger partial charge on any atom is -0.455 e. The molecule has 0 heterocycles. The van der Waals surface area contributed by atoms with Gasteiger partial charge in [-0.3, -0.25) is 0 Å².